The zero-order valence-corrected chi connectivity index (χ0v) is 16.7. The van der Waals surface area contributed by atoms with Gasteiger partial charge in [0.05, 0.1) is 24.6 Å². The molecule has 0 aliphatic carbocycles. The minimum atomic E-state index is 0.227. The zero-order valence-electron chi connectivity index (χ0n) is 16.7. The van der Waals surface area contributed by atoms with Gasteiger partial charge in [0.1, 0.15) is 0 Å². The van der Waals surface area contributed by atoms with Crippen LogP contribution in [0.15, 0.2) is 12.3 Å². The molecule has 2 aromatic heterocycles. The molecule has 1 amide bonds. The van der Waals surface area contributed by atoms with Crippen molar-refractivity contribution in [1.82, 2.24) is 24.6 Å². The van der Waals surface area contributed by atoms with Crippen LogP contribution in [0.4, 0.5) is 5.95 Å². The molecule has 0 bridgehead atoms. The van der Waals surface area contributed by atoms with Crippen molar-refractivity contribution in [2.45, 2.75) is 46.3 Å². The molecule has 28 heavy (non-hydrogen) atoms. The van der Waals surface area contributed by atoms with Gasteiger partial charge in [-0.1, -0.05) is 0 Å². The van der Waals surface area contributed by atoms with E-state index in [1.54, 1.807) is 0 Å². The Hall–Kier alpha value is -2.48. The highest BCUT2D eigenvalue weighted by atomic mass is 16.5. The molecule has 4 rings (SSSR count). The number of rotatable bonds is 5. The van der Waals surface area contributed by atoms with E-state index in [2.05, 4.69) is 28.0 Å². The fraction of sp³-hybridized carbons (Fsp3) is 0.600. The van der Waals surface area contributed by atoms with E-state index in [-0.39, 0.29) is 5.91 Å². The molecular formula is C20H28N6O2. The molecule has 4 heterocycles. The lowest BCUT2D eigenvalue weighted by Crippen LogP contribution is -2.49. The summed E-state index contributed by atoms with van der Waals surface area (Å²) in [6, 6.07) is 2.07. The predicted molar refractivity (Wildman–Crippen MR) is 105 cm³/mol. The van der Waals surface area contributed by atoms with Gasteiger partial charge in [-0.05, 0) is 26.3 Å². The van der Waals surface area contributed by atoms with Gasteiger partial charge in [0, 0.05) is 63.0 Å². The number of nitrogens with zero attached hydrogens (tertiary/aromatic N) is 6. The molecule has 1 saturated heterocycles. The highest BCUT2D eigenvalue weighted by Gasteiger charge is 2.23. The van der Waals surface area contributed by atoms with Gasteiger partial charge in [0.2, 0.25) is 11.9 Å². The van der Waals surface area contributed by atoms with Gasteiger partial charge in [-0.25, -0.2) is 9.97 Å². The molecule has 0 aromatic carbocycles. The minimum absolute atomic E-state index is 0.227. The van der Waals surface area contributed by atoms with Crippen LogP contribution in [0.3, 0.4) is 0 Å². The molecule has 8 nitrogen and oxygen atoms in total. The van der Waals surface area contributed by atoms with Crippen molar-refractivity contribution < 1.29 is 9.53 Å². The first-order chi connectivity index (χ1) is 13.6. The largest absolute Gasteiger partial charge is 0.376 e. The first kappa shape index (κ1) is 18.9. The van der Waals surface area contributed by atoms with Crippen molar-refractivity contribution in [2.24, 2.45) is 0 Å². The number of fused-ring (bicyclic) bond motifs is 1. The number of anilines is 1. The van der Waals surface area contributed by atoms with E-state index < -0.39 is 0 Å². The third kappa shape index (κ3) is 4.16. The van der Waals surface area contributed by atoms with Crippen molar-refractivity contribution in [3.05, 3.63) is 34.9 Å². The lowest BCUT2D eigenvalue weighted by atomic mass is 10.1. The van der Waals surface area contributed by atoms with Crippen LogP contribution >= 0.6 is 0 Å². The molecule has 8 heteroatoms. The highest BCUT2D eigenvalue weighted by molar-refractivity contribution is 5.76. The molecule has 0 unspecified atom stereocenters. The number of ether oxygens (including phenoxy) is 1. The Labute approximate surface area is 165 Å². The lowest BCUT2D eigenvalue weighted by Gasteiger charge is -2.35. The molecule has 0 atom stereocenters. The zero-order chi connectivity index (χ0) is 19.5. The average Bonchev–Trinajstić information content (AvgIpc) is 3.04. The van der Waals surface area contributed by atoms with Gasteiger partial charge in [0.15, 0.2) is 0 Å². The summed E-state index contributed by atoms with van der Waals surface area (Å²) in [7, 11) is 0. The van der Waals surface area contributed by atoms with Gasteiger partial charge < -0.3 is 14.5 Å². The van der Waals surface area contributed by atoms with Gasteiger partial charge in [-0.15, -0.1) is 0 Å². The third-order valence-electron chi connectivity index (χ3n) is 5.46. The van der Waals surface area contributed by atoms with Crippen LogP contribution in [0.5, 0.6) is 0 Å². The molecule has 0 N–H and O–H groups in total. The van der Waals surface area contributed by atoms with Crippen molar-refractivity contribution >= 4 is 11.9 Å². The fourth-order valence-corrected chi connectivity index (χ4v) is 3.87. The van der Waals surface area contributed by atoms with E-state index >= 15 is 0 Å². The van der Waals surface area contributed by atoms with Crippen LogP contribution in [-0.4, -0.2) is 63.3 Å². The number of piperazine rings is 1. The van der Waals surface area contributed by atoms with Crippen LogP contribution < -0.4 is 4.90 Å². The average molecular weight is 384 g/mol. The minimum Gasteiger partial charge on any atom is -0.376 e. The quantitative estimate of drug-likeness (QED) is 0.777. The summed E-state index contributed by atoms with van der Waals surface area (Å²) in [5.74, 6) is 1.00. The lowest BCUT2D eigenvalue weighted by molar-refractivity contribution is -0.131. The number of carbonyl (C=O) groups is 1. The van der Waals surface area contributed by atoms with E-state index in [1.165, 1.54) is 0 Å². The Kier molecular flexibility index (Phi) is 5.57. The molecule has 2 aromatic rings. The van der Waals surface area contributed by atoms with E-state index in [0.29, 0.717) is 13.0 Å². The maximum absolute atomic E-state index is 12.5. The molecular weight excluding hydrogens is 356 g/mol. The summed E-state index contributed by atoms with van der Waals surface area (Å²) in [6.45, 7) is 9.17. The number of hydrogen-bond donors (Lipinski definition) is 0. The Bertz CT molecular complexity index is 841. The summed E-state index contributed by atoms with van der Waals surface area (Å²) >= 11 is 0. The van der Waals surface area contributed by atoms with E-state index in [1.807, 2.05) is 22.7 Å². The van der Waals surface area contributed by atoms with Crippen molar-refractivity contribution in [3.63, 3.8) is 0 Å². The van der Waals surface area contributed by atoms with Gasteiger partial charge in [-0.2, -0.15) is 5.10 Å². The summed E-state index contributed by atoms with van der Waals surface area (Å²) in [5.41, 5.74) is 4.36. The molecule has 0 saturated carbocycles. The maximum atomic E-state index is 12.5. The monoisotopic (exact) mass is 384 g/mol. The van der Waals surface area contributed by atoms with Crippen LogP contribution in [0.25, 0.3) is 0 Å². The first-order valence-corrected chi connectivity index (χ1v) is 10.1. The molecule has 150 valence electrons. The van der Waals surface area contributed by atoms with Crippen molar-refractivity contribution in [2.75, 3.05) is 37.7 Å². The van der Waals surface area contributed by atoms with Crippen molar-refractivity contribution in [3.8, 4) is 0 Å². The molecule has 2 aliphatic heterocycles. The van der Waals surface area contributed by atoms with E-state index in [9.17, 15) is 4.79 Å². The molecule has 2 aliphatic rings. The first-order valence-electron chi connectivity index (χ1n) is 10.1. The smallest absolute Gasteiger partial charge is 0.225 e. The van der Waals surface area contributed by atoms with E-state index in [4.69, 9.17) is 9.72 Å². The Balaban J connectivity index is 1.25. The van der Waals surface area contributed by atoms with Gasteiger partial charge >= 0.3 is 0 Å². The molecule has 0 spiro atoms. The summed E-state index contributed by atoms with van der Waals surface area (Å²) in [4.78, 5) is 25.9. The maximum Gasteiger partial charge on any atom is 0.225 e. The second-order valence-corrected chi connectivity index (χ2v) is 7.57. The SMILES string of the molecule is Cc1cc(C)n(CCCC(=O)N2CCN(c3ncc4c(n3)CCOC4)CC2)n1. The summed E-state index contributed by atoms with van der Waals surface area (Å²) < 4.78 is 7.43. The second kappa shape index (κ2) is 8.26. The Morgan fingerprint density at radius 1 is 1.21 bits per heavy atom. The topological polar surface area (TPSA) is 76.4 Å². The highest BCUT2D eigenvalue weighted by Crippen LogP contribution is 2.18. The molecule has 1 fully saturated rings. The Morgan fingerprint density at radius 3 is 2.79 bits per heavy atom. The van der Waals surface area contributed by atoms with Crippen LogP contribution in [0, 0.1) is 13.8 Å². The predicted octanol–water partition coefficient (Wildman–Crippen LogP) is 1.49. The van der Waals surface area contributed by atoms with Gasteiger partial charge in [-0.3, -0.25) is 9.48 Å². The number of carbonyl (C=O) groups excluding carboxylic acids is 1. The van der Waals surface area contributed by atoms with Crippen LogP contribution in [0.2, 0.25) is 0 Å². The number of hydrogen-bond acceptors (Lipinski definition) is 6. The fourth-order valence-electron chi connectivity index (χ4n) is 3.87. The normalized spacial score (nSPS) is 16.9. The summed E-state index contributed by atoms with van der Waals surface area (Å²) in [6.07, 6.45) is 4.11. The van der Waals surface area contributed by atoms with Crippen LogP contribution in [0.1, 0.15) is 35.5 Å². The van der Waals surface area contributed by atoms with E-state index in [0.717, 1.165) is 80.8 Å². The Morgan fingerprint density at radius 2 is 2.04 bits per heavy atom. The third-order valence-corrected chi connectivity index (χ3v) is 5.46. The van der Waals surface area contributed by atoms with Crippen molar-refractivity contribution in [1.29, 1.82) is 0 Å². The van der Waals surface area contributed by atoms with Crippen LogP contribution in [-0.2, 0) is 29.1 Å². The number of aromatic nitrogens is 4. The second-order valence-electron chi connectivity index (χ2n) is 7.57. The van der Waals surface area contributed by atoms with Gasteiger partial charge in [0.25, 0.3) is 0 Å². The molecule has 0 radical (unpaired) electrons. The summed E-state index contributed by atoms with van der Waals surface area (Å²) in [5, 5.41) is 4.46. The standard InChI is InChI=1S/C20H28N6O2/c1-15-12-16(2)26(23-15)6-3-4-19(27)24-7-9-25(10-8-24)20-21-13-17-14-28-11-5-18(17)22-20/h12-13H,3-11,14H2,1-2H3. The number of aryl methyl sites for hydroxylation is 3. The number of amides is 1.